The predicted octanol–water partition coefficient (Wildman–Crippen LogP) is 3.67. The van der Waals surface area contributed by atoms with Gasteiger partial charge in [0.05, 0.1) is 0 Å². The van der Waals surface area contributed by atoms with Crippen molar-refractivity contribution in [3.05, 3.63) is 63.7 Å². The van der Waals surface area contributed by atoms with Gasteiger partial charge in [0, 0.05) is 22.8 Å². The average molecular weight is 289 g/mol. The maximum atomic E-state index is 11.1. The summed E-state index contributed by atoms with van der Waals surface area (Å²) < 4.78 is 0. The SMILES string of the molecule is Cc1ccc(NCc2ccc(C(N)=O)cc2Cl)c(C)c1. The highest BCUT2D eigenvalue weighted by Gasteiger charge is 2.06. The summed E-state index contributed by atoms with van der Waals surface area (Å²) in [5, 5.41) is 3.89. The molecule has 0 heterocycles. The van der Waals surface area contributed by atoms with E-state index in [-0.39, 0.29) is 0 Å². The Kier molecular flexibility index (Phi) is 4.30. The lowest BCUT2D eigenvalue weighted by atomic mass is 10.1. The third-order valence-electron chi connectivity index (χ3n) is 3.19. The minimum absolute atomic E-state index is 0.422. The van der Waals surface area contributed by atoms with Crippen molar-refractivity contribution in [3.63, 3.8) is 0 Å². The number of rotatable bonds is 4. The number of amides is 1. The highest BCUT2D eigenvalue weighted by Crippen LogP contribution is 2.21. The third kappa shape index (κ3) is 3.31. The van der Waals surface area contributed by atoms with Gasteiger partial charge in [-0.05, 0) is 43.2 Å². The minimum Gasteiger partial charge on any atom is -0.381 e. The zero-order chi connectivity index (χ0) is 14.7. The van der Waals surface area contributed by atoms with E-state index in [0.717, 1.165) is 11.3 Å². The molecule has 0 fully saturated rings. The van der Waals surface area contributed by atoms with Crippen molar-refractivity contribution in [3.8, 4) is 0 Å². The number of hydrogen-bond donors (Lipinski definition) is 2. The molecule has 20 heavy (non-hydrogen) atoms. The maximum Gasteiger partial charge on any atom is 0.248 e. The molecule has 0 saturated heterocycles. The van der Waals surface area contributed by atoms with Gasteiger partial charge >= 0.3 is 0 Å². The van der Waals surface area contributed by atoms with Crippen LogP contribution in [0.25, 0.3) is 0 Å². The van der Waals surface area contributed by atoms with Gasteiger partial charge in [-0.25, -0.2) is 0 Å². The van der Waals surface area contributed by atoms with Gasteiger partial charge < -0.3 is 11.1 Å². The molecule has 0 unspecified atom stereocenters. The first-order valence-corrected chi connectivity index (χ1v) is 6.74. The topological polar surface area (TPSA) is 55.1 Å². The summed E-state index contributed by atoms with van der Waals surface area (Å²) in [5.41, 5.74) is 10.1. The van der Waals surface area contributed by atoms with E-state index in [2.05, 4.69) is 37.4 Å². The second-order valence-corrected chi connectivity index (χ2v) is 5.25. The molecule has 0 saturated carbocycles. The van der Waals surface area contributed by atoms with E-state index in [1.54, 1.807) is 12.1 Å². The molecule has 104 valence electrons. The summed E-state index contributed by atoms with van der Waals surface area (Å²) in [5.74, 6) is -0.471. The first-order valence-electron chi connectivity index (χ1n) is 6.36. The molecule has 0 aromatic heterocycles. The van der Waals surface area contributed by atoms with Crippen molar-refractivity contribution >= 4 is 23.2 Å². The van der Waals surface area contributed by atoms with Crippen LogP contribution in [0.1, 0.15) is 27.0 Å². The summed E-state index contributed by atoms with van der Waals surface area (Å²) in [4.78, 5) is 11.1. The molecular formula is C16H17ClN2O. The minimum atomic E-state index is -0.471. The van der Waals surface area contributed by atoms with Gasteiger partial charge in [0.1, 0.15) is 0 Å². The fourth-order valence-electron chi connectivity index (χ4n) is 2.05. The molecule has 4 heteroatoms. The second-order valence-electron chi connectivity index (χ2n) is 4.84. The zero-order valence-corrected chi connectivity index (χ0v) is 12.3. The summed E-state index contributed by atoms with van der Waals surface area (Å²) >= 11 is 6.16. The van der Waals surface area contributed by atoms with Gasteiger partial charge in [-0.15, -0.1) is 0 Å². The number of hydrogen-bond acceptors (Lipinski definition) is 2. The zero-order valence-electron chi connectivity index (χ0n) is 11.5. The molecule has 3 N–H and O–H groups in total. The van der Waals surface area contributed by atoms with Crippen molar-refractivity contribution in [1.82, 2.24) is 0 Å². The highest BCUT2D eigenvalue weighted by atomic mass is 35.5. The van der Waals surface area contributed by atoms with Gasteiger partial charge in [-0.3, -0.25) is 4.79 Å². The lowest BCUT2D eigenvalue weighted by Crippen LogP contribution is -2.11. The number of carbonyl (C=O) groups is 1. The van der Waals surface area contributed by atoms with Crippen molar-refractivity contribution in [2.24, 2.45) is 5.73 Å². The normalized spacial score (nSPS) is 10.3. The van der Waals surface area contributed by atoms with Crippen molar-refractivity contribution in [2.75, 3.05) is 5.32 Å². The van der Waals surface area contributed by atoms with E-state index >= 15 is 0 Å². The molecule has 0 spiro atoms. The fraction of sp³-hybridized carbons (Fsp3) is 0.188. The van der Waals surface area contributed by atoms with Crippen LogP contribution in [0, 0.1) is 13.8 Å². The molecule has 0 aliphatic heterocycles. The first kappa shape index (κ1) is 14.4. The van der Waals surface area contributed by atoms with Crippen LogP contribution >= 0.6 is 11.6 Å². The number of halogens is 1. The van der Waals surface area contributed by atoms with Gasteiger partial charge in [0.15, 0.2) is 0 Å². The maximum absolute atomic E-state index is 11.1. The summed E-state index contributed by atoms with van der Waals surface area (Å²) in [6, 6.07) is 11.3. The highest BCUT2D eigenvalue weighted by molar-refractivity contribution is 6.31. The Hall–Kier alpha value is -2.00. The third-order valence-corrected chi connectivity index (χ3v) is 3.54. The molecule has 0 bridgehead atoms. The van der Waals surface area contributed by atoms with Crippen LogP contribution in [0.3, 0.4) is 0 Å². The first-order chi connectivity index (χ1) is 9.47. The van der Waals surface area contributed by atoms with E-state index in [1.165, 1.54) is 11.1 Å². The quantitative estimate of drug-likeness (QED) is 0.902. The van der Waals surface area contributed by atoms with Crippen LogP contribution in [0.5, 0.6) is 0 Å². The smallest absolute Gasteiger partial charge is 0.248 e. The van der Waals surface area contributed by atoms with Crippen molar-refractivity contribution < 1.29 is 4.79 Å². The van der Waals surface area contributed by atoms with E-state index in [4.69, 9.17) is 17.3 Å². The van der Waals surface area contributed by atoms with Crippen LogP contribution in [0.15, 0.2) is 36.4 Å². The second kappa shape index (κ2) is 5.97. The average Bonchev–Trinajstić information content (AvgIpc) is 2.38. The summed E-state index contributed by atoms with van der Waals surface area (Å²) in [6.07, 6.45) is 0. The number of primary amides is 1. The molecule has 1 amide bonds. The Balaban J connectivity index is 2.13. The van der Waals surface area contributed by atoms with E-state index in [9.17, 15) is 4.79 Å². The Morgan fingerprint density at radius 3 is 2.55 bits per heavy atom. The van der Waals surface area contributed by atoms with Crippen molar-refractivity contribution in [1.29, 1.82) is 0 Å². The number of nitrogens with two attached hydrogens (primary N) is 1. The molecule has 2 aromatic carbocycles. The Morgan fingerprint density at radius 2 is 1.95 bits per heavy atom. The van der Waals surface area contributed by atoms with Gasteiger partial charge in [-0.1, -0.05) is 35.4 Å². The molecule has 0 atom stereocenters. The summed E-state index contributed by atoms with van der Waals surface area (Å²) in [7, 11) is 0. The monoisotopic (exact) mass is 288 g/mol. The Labute approximate surface area is 123 Å². The molecule has 0 aliphatic carbocycles. The lowest BCUT2D eigenvalue weighted by Gasteiger charge is -2.11. The fourth-order valence-corrected chi connectivity index (χ4v) is 2.29. The summed E-state index contributed by atoms with van der Waals surface area (Å²) in [6.45, 7) is 4.73. The number of carbonyl (C=O) groups excluding carboxylic acids is 1. The van der Waals surface area contributed by atoms with E-state index < -0.39 is 5.91 Å². The molecule has 3 nitrogen and oxygen atoms in total. The Morgan fingerprint density at radius 1 is 1.20 bits per heavy atom. The molecule has 2 rings (SSSR count). The van der Waals surface area contributed by atoms with Crippen LogP contribution in [-0.2, 0) is 6.54 Å². The number of aryl methyl sites for hydroxylation is 2. The Bertz CT molecular complexity index is 653. The number of nitrogens with one attached hydrogen (secondary N) is 1. The van der Waals surface area contributed by atoms with Crippen LogP contribution in [-0.4, -0.2) is 5.91 Å². The largest absolute Gasteiger partial charge is 0.381 e. The van der Waals surface area contributed by atoms with Gasteiger partial charge in [0.25, 0.3) is 0 Å². The predicted molar refractivity (Wildman–Crippen MR) is 83.2 cm³/mol. The molecule has 2 aromatic rings. The molecular weight excluding hydrogens is 272 g/mol. The van der Waals surface area contributed by atoms with Crippen LogP contribution in [0.4, 0.5) is 5.69 Å². The number of benzene rings is 2. The van der Waals surface area contributed by atoms with Crippen molar-refractivity contribution in [2.45, 2.75) is 20.4 Å². The lowest BCUT2D eigenvalue weighted by molar-refractivity contribution is 0.100. The number of anilines is 1. The van der Waals surface area contributed by atoms with E-state index in [0.29, 0.717) is 17.1 Å². The van der Waals surface area contributed by atoms with Crippen LogP contribution < -0.4 is 11.1 Å². The van der Waals surface area contributed by atoms with Gasteiger partial charge in [0.2, 0.25) is 5.91 Å². The standard InChI is InChI=1S/C16H17ClN2O/c1-10-3-6-15(11(2)7-10)19-9-13-5-4-12(16(18)20)8-14(13)17/h3-8,19H,9H2,1-2H3,(H2,18,20). The van der Waals surface area contributed by atoms with Crippen LogP contribution in [0.2, 0.25) is 5.02 Å². The molecule has 0 aliphatic rings. The van der Waals surface area contributed by atoms with E-state index in [1.807, 2.05) is 6.07 Å². The van der Waals surface area contributed by atoms with Gasteiger partial charge in [-0.2, -0.15) is 0 Å². The molecule has 0 radical (unpaired) electrons.